The van der Waals surface area contributed by atoms with Crippen LogP contribution in [0.15, 0.2) is 60.7 Å². The summed E-state index contributed by atoms with van der Waals surface area (Å²) in [5.74, 6) is -0.138. The predicted octanol–water partition coefficient (Wildman–Crippen LogP) is 2.55. The number of piperazine rings is 1. The molecule has 0 N–H and O–H groups in total. The highest BCUT2D eigenvalue weighted by Gasteiger charge is 2.32. The van der Waals surface area contributed by atoms with Gasteiger partial charge < -0.3 is 9.64 Å². The SMILES string of the molecule is CN1CCN(Cc2ccccc2)[C@H](C(=O)OCc2ccccc2)C1. The van der Waals surface area contributed by atoms with Crippen molar-refractivity contribution in [3.63, 3.8) is 0 Å². The molecule has 1 aliphatic heterocycles. The van der Waals surface area contributed by atoms with Gasteiger partial charge in [0.25, 0.3) is 0 Å². The van der Waals surface area contributed by atoms with Crippen molar-refractivity contribution in [2.24, 2.45) is 0 Å². The molecule has 0 radical (unpaired) electrons. The molecule has 2 aromatic rings. The van der Waals surface area contributed by atoms with E-state index in [-0.39, 0.29) is 12.0 Å². The smallest absolute Gasteiger partial charge is 0.325 e. The van der Waals surface area contributed by atoms with Crippen LogP contribution < -0.4 is 0 Å². The molecule has 3 rings (SSSR count). The highest BCUT2D eigenvalue weighted by Crippen LogP contribution is 2.15. The third-order valence-corrected chi connectivity index (χ3v) is 4.42. The highest BCUT2D eigenvalue weighted by molar-refractivity contribution is 5.76. The van der Waals surface area contributed by atoms with E-state index in [0.29, 0.717) is 13.2 Å². The first-order chi connectivity index (χ1) is 11.7. The molecule has 0 aromatic heterocycles. The molecule has 24 heavy (non-hydrogen) atoms. The van der Waals surface area contributed by atoms with Gasteiger partial charge in [-0.25, -0.2) is 0 Å². The molecule has 4 heteroatoms. The van der Waals surface area contributed by atoms with Crippen molar-refractivity contribution in [1.82, 2.24) is 9.80 Å². The van der Waals surface area contributed by atoms with Crippen molar-refractivity contribution in [3.05, 3.63) is 71.8 Å². The van der Waals surface area contributed by atoms with Gasteiger partial charge in [-0.3, -0.25) is 9.69 Å². The number of nitrogens with zero attached hydrogens (tertiary/aromatic N) is 2. The second-order valence-corrected chi connectivity index (χ2v) is 6.33. The zero-order valence-electron chi connectivity index (χ0n) is 14.1. The molecule has 0 aliphatic carbocycles. The average Bonchev–Trinajstić information content (AvgIpc) is 2.63. The fraction of sp³-hybridized carbons (Fsp3) is 0.350. The summed E-state index contributed by atoms with van der Waals surface area (Å²) in [6.45, 7) is 3.66. The molecule has 1 aliphatic rings. The summed E-state index contributed by atoms with van der Waals surface area (Å²) in [5.41, 5.74) is 2.24. The Morgan fingerprint density at radius 2 is 1.62 bits per heavy atom. The van der Waals surface area contributed by atoms with Gasteiger partial charge in [0.2, 0.25) is 0 Å². The van der Waals surface area contributed by atoms with Gasteiger partial charge >= 0.3 is 5.97 Å². The summed E-state index contributed by atoms with van der Waals surface area (Å²) in [5, 5.41) is 0. The lowest BCUT2D eigenvalue weighted by atomic mass is 10.1. The quantitative estimate of drug-likeness (QED) is 0.792. The Morgan fingerprint density at radius 1 is 1.00 bits per heavy atom. The fourth-order valence-electron chi connectivity index (χ4n) is 3.01. The van der Waals surface area contributed by atoms with Crippen LogP contribution in [0.25, 0.3) is 0 Å². The molecule has 4 nitrogen and oxygen atoms in total. The largest absolute Gasteiger partial charge is 0.460 e. The number of hydrogen-bond donors (Lipinski definition) is 0. The summed E-state index contributed by atoms with van der Waals surface area (Å²) in [6, 6.07) is 19.9. The normalized spacial score (nSPS) is 19.1. The Hall–Kier alpha value is -2.17. The molecule has 2 aromatic carbocycles. The van der Waals surface area contributed by atoms with Crippen LogP contribution in [-0.2, 0) is 22.7 Å². The molecule has 1 saturated heterocycles. The lowest BCUT2D eigenvalue weighted by molar-refractivity contribution is -0.154. The number of carbonyl (C=O) groups is 1. The zero-order valence-corrected chi connectivity index (χ0v) is 14.1. The molecular weight excluding hydrogens is 300 g/mol. The third kappa shape index (κ3) is 4.43. The van der Waals surface area contributed by atoms with E-state index in [1.54, 1.807) is 0 Å². The van der Waals surface area contributed by atoms with Gasteiger partial charge in [0.1, 0.15) is 12.6 Å². The van der Waals surface area contributed by atoms with E-state index in [0.717, 1.165) is 25.2 Å². The third-order valence-electron chi connectivity index (χ3n) is 4.42. The summed E-state index contributed by atoms with van der Waals surface area (Å²) < 4.78 is 5.58. The first-order valence-electron chi connectivity index (χ1n) is 8.39. The number of likely N-dealkylation sites (N-methyl/N-ethyl adjacent to an activating group) is 1. The van der Waals surface area contributed by atoms with E-state index in [2.05, 4.69) is 29.0 Å². The van der Waals surface area contributed by atoms with Crippen LogP contribution in [-0.4, -0.2) is 48.5 Å². The fourth-order valence-corrected chi connectivity index (χ4v) is 3.01. The Balaban J connectivity index is 1.63. The Kier molecular flexibility index (Phi) is 5.62. The summed E-state index contributed by atoms with van der Waals surface area (Å²) in [7, 11) is 2.05. The lowest BCUT2D eigenvalue weighted by Crippen LogP contribution is -2.55. The van der Waals surface area contributed by atoms with Crippen LogP contribution in [0.5, 0.6) is 0 Å². The van der Waals surface area contributed by atoms with Crippen LogP contribution in [0.3, 0.4) is 0 Å². The standard InChI is InChI=1S/C20H24N2O2/c1-21-12-13-22(14-17-8-4-2-5-9-17)19(15-21)20(23)24-16-18-10-6-3-7-11-18/h2-11,19H,12-16H2,1H3/t19-/m0/s1. The minimum Gasteiger partial charge on any atom is -0.460 e. The molecule has 0 amide bonds. The first-order valence-corrected chi connectivity index (χ1v) is 8.39. The number of benzene rings is 2. The van der Waals surface area contributed by atoms with Gasteiger partial charge in [0, 0.05) is 26.2 Å². The number of esters is 1. The van der Waals surface area contributed by atoms with E-state index in [4.69, 9.17) is 4.74 Å². The van der Waals surface area contributed by atoms with Gasteiger partial charge in [-0.2, -0.15) is 0 Å². The van der Waals surface area contributed by atoms with Gasteiger partial charge in [0.15, 0.2) is 0 Å². The zero-order chi connectivity index (χ0) is 16.8. The molecule has 1 fully saturated rings. The van der Waals surface area contributed by atoms with Crippen molar-refractivity contribution < 1.29 is 9.53 Å². The monoisotopic (exact) mass is 324 g/mol. The molecular formula is C20H24N2O2. The van der Waals surface area contributed by atoms with Crippen LogP contribution in [0.4, 0.5) is 0 Å². The lowest BCUT2D eigenvalue weighted by Gasteiger charge is -2.38. The van der Waals surface area contributed by atoms with E-state index in [1.165, 1.54) is 5.56 Å². The maximum Gasteiger partial charge on any atom is 0.325 e. The van der Waals surface area contributed by atoms with Crippen LogP contribution in [0.1, 0.15) is 11.1 Å². The molecule has 0 bridgehead atoms. The number of ether oxygens (including phenoxy) is 1. The van der Waals surface area contributed by atoms with E-state index < -0.39 is 0 Å². The van der Waals surface area contributed by atoms with Gasteiger partial charge in [0.05, 0.1) is 0 Å². The molecule has 1 atom stereocenters. The summed E-state index contributed by atoms with van der Waals surface area (Å²) >= 11 is 0. The van der Waals surface area contributed by atoms with Crippen molar-refractivity contribution in [3.8, 4) is 0 Å². The van der Waals surface area contributed by atoms with Crippen molar-refractivity contribution in [2.45, 2.75) is 19.2 Å². The van der Waals surface area contributed by atoms with E-state index in [9.17, 15) is 4.79 Å². The minimum atomic E-state index is -0.215. The number of rotatable bonds is 5. The van der Waals surface area contributed by atoms with Crippen LogP contribution >= 0.6 is 0 Å². The second kappa shape index (κ2) is 8.08. The Morgan fingerprint density at radius 3 is 2.29 bits per heavy atom. The van der Waals surface area contributed by atoms with Crippen LogP contribution in [0, 0.1) is 0 Å². The Labute approximate surface area is 143 Å². The summed E-state index contributed by atoms with van der Waals surface area (Å²) in [4.78, 5) is 17.0. The van der Waals surface area contributed by atoms with Crippen molar-refractivity contribution in [2.75, 3.05) is 26.7 Å². The van der Waals surface area contributed by atoms with Gasteiger partial charge in [-0.1, -0.05) is 60.7 Å². The van der Waals surface area contributed by atoms with Crippen molar-refractivity contribution >= 4 is 5.97 Å². The number of carbonyl (C=O) groups excluding carboxylic acids is 1. The maximum absolute atomic E-state index is 12.6. The molecule has 0 unspecified atom stereocenters. The van der Waals surface area contributed by atoms with Crippen LogP contribution in [0.2, 0.25) is 0 Å². The number of hydrogen-bond acceptors (Lipinski definition) is 4. The average molecular weight is 324 g/mol. The topological polar surface area (TPSA) is 32.8 Å². The van der Waals surface area contributed by atoms with E-state index >= 15 is 0 Å². The summed E-state index contributed by atoms with van der Waals surface area (Å²) in [6.07, 6.45) is 0. The highest BCUT2D eigenvalue weighted by atomic mass is 16.5. The first kappa shape index (κ1) is 16.7. The maximum atomic E-state index is 12.6. The molecule has 1 heterocycles. The van der Waals surface area contributed by atoms with Gasteiger partial charge in [-0.05, 0) is 18.2 Å². The van der Waals surface area contributed by atoms with Crippen molar-refractivity contribution in [1.29, 1.82) is 0 Å². The predicted molar refractivity (Wildman–Crippen MR) is 94.4 cm³/mol. The van der Waals surface area contributed by atoms with E-state index in [1.807, 2.05) is 48.5 Å². The minimum absolute atomic E-state index is 0.138. The molecule has 126 valence electrons. The molecule has 0 spiro atoms. The Bertz CT molecular complexity index is 645. The second-order valence-electron chi connectivity index (χ2n) is 6.33. The van der Waals surface area contributed by atoms with Gasteiger partial charge in [-0.15, -0.1) is 0 Å². The molecule has 0 saturated carbocycles.